The Balaban J connectivity index is 2.05. The quantitative estimate of drug-likeness (QED) is 0.654. The number of nitrogens with one attached hydrogen (secondary N) is 2. The number of amides is 1. The summed E-state index contributed by atoms with van der Waals surface area (Å²) >= 11 is 0. The Kier molecular flexibility index (Phi) is 4.02. The van der Waals surface area contributed by atoms with Gasteiger partial charge in [-0.1, -0.05) is 12.2 Å². The summed E-state index contributed by atoms with van der Waals surface area (Å²) in [5.41, 5.74) is 7.79. The van der Waals surface area contributed by atoms with Gasteiger partial charge in [-0.15, -0.1) is 0 Å². The highest BCUT2D eigenvalue weighted by atomic mass is 19.1. The van der Waals surface area contributed by atoms with E-state index in [1.165, 1.54) is 12.1 Å². The zero-order valence-corrected chi connectivity index (χ0v) is 12.0. The summed E-state index contributed by atoms with van der Waals surface area (Å²) in [6.45, 7) is 0. The van der Waals surface area contributed by atoms with E-state index in [1.807, 2.05) is 12.2 Å². The maximum atomic E-state index is 13.5. The first-order valence-electron chi connectivity index (χ1n) is 7.19. The second-order valence-electron chi connectivity index (χ2n) is 5.26. The molecule has 1 aliphatic heterocycles. The van der Waals surface area contributed by atoms with Crippen molar-refractivity contribution >= 4 is 11.6 Å². The molecule has 6 heteroatoms. The summed E-state index contributed by atoms with van der Waals surface area (Å²) in [6, 6.07) is 4.02. The monoisotopic (exact) mass is 300 g/mol. The molecule has 1 amide bonds. The number of carbonyl (C=O) groups excluding carboxylic acids is 1. The number of imidazole rings is 1. The van der Waals surface area contributed by atoms with E-state index in [2.05, 4.69) is 15.3 Å². The molecule has 1 aromatic heterocycles. The van der Waals surface area contributed by atoms with Gasteiger partial charge in [0, 0.05) is 18.2 Å². The number of carbonyl (C=O) groups is 1. The number of nitrogens with two attached hydrogens (primary N) is 1. The molecule has 1 atom stereocenters. The molecule has 0 aliphatic carbocycles. The number of allylic oxidation sites excluding steroid dienone is 1. The van der Waals surface area contributed by atoms with Crippen molar-refractivity contribution in [1.82, 2.24) is 9.97 Å². The molecule has 1 aliphatic rings. The Labute approximate surface area is 127 Å². The summed E-state index contributed by atoms with van der Waals surface area (Å²) in [4.78, 5) is 19.5. The van der Waals surface area contributed by atoms with Crippen molar-refractivity contribution in [2.45, 2.75) is 25.3 Å². The van der Waals surface area contributed by atoms with Crippen molar-refractivity contribution in [2.24, 2.45) is 5.73 Å². The van der Waals surface area contributed by atoms with Crippen molar-refractivity contribution in [3.05, 3.63) is 48.2 Å². The first-order valence-corrected chi connectivity index (χ1v) is 7.19. The lowest BCUT2D eigenvalue weighted by Gasteiger charge is -2.09. The van der Waals surface area contributed by atoms with E-state index >= 15 is 0 Å². The Morgan fingerprint density at radius 2 is 2.18 bits per heavy atom. The van der Waals surface area contributed by atoms with Gasteiger partial charge >= 0.3 is 0 Å². The molecular weight excluding hydrogens is 283 g/mol. The predicted molar refractivity (Wildman–Crippen MR) is 82.5 cm³/mol. The van der Waals surface area contributed by atoms with E-state index in [4.69, 9.17) is 5.73 Å². The third-order valence-electron chi connectivity index (χ3n) is 3.58. The van der Waals surface area contributed by atoms with Crippen LogP contribution in [0, 0.1) is 5.82 Å². The number of nitrogens with zero attached hydrogens (tertiary/aromatic N) is 1. The summed E-state index contributed by atoms with van der Waals surface area (Å²) in [5.74, 6) is 0.104. The lowest BCUT2D eigenvalue weighted by molar-refractivity contribution is -0.116. The minimum Gasteiger partial charge on any atom is -0.347 e. The van der Waals surface area contributed by atoms with Crippen LogP contribution in [0.3, 0.4) is 0 Å². The molecule has 3 rings (SSSR count). The number of aromatic amines is 1. The second kappa shape index (κ2) is 6.11. The summed E-state index contributed by atoms with van der Waals surface area (Å²) < 4.78 is 13.5. The van der Waals surface area contributed by atoms with E-state index in [-0.39, 0.29) is 11.9 Å². The van der Waals surface area contributed by atoms with Crippen molar-refractivity contribution in [3.63, 3.8) is 0 Å². The van der Waals surface area contributed by atoms with Crippen molar-refractivity contribution in [2.75, 3.05) is 5.32 Å². The number of hydrogen-bond donors (Lipinski definition) is 3. The van der Waals surface area contributed by atoms with Gasteiger partial charge in [-0.3, -0.25) is 4.79 Å². The molecule has 114 valence electrons. The summed E-state index contributed by atoms with van der Waals surface area (Å²) in [7, 11) is 0. The van der Waals surface area contributed by atoms with E-state index in [0.29, 0.717) is 42.0 Å². The van der Waals surface area contributed by atoms with Crippen LogP contribution in [0.5, 0.6) is 0 Å². The Morgan fingerprint density at radius 3 is 3.05 bits per heavy atom. The maximum Gasteiger partial charge on any atom is 0.224 e. The average Bonchev–Trinajstić information content (AvgIpc) is 2.96. The van der Waals surface area contributed by atoms with Gasteiger partial charge in [-0.25, -0.2) is 9.37 Å². The van der Waals surface area contributed by atoms with Gasteiger partial charge in [-0.2, -0.15) is 0 Å². The van der Waals surface area contributed by atoms with E-state index in [1.54, 1.807) is 12.3 Å². The molecule has 2 bridgehead atoms. The topological polar surface area (TPSA) is 83.8 Å². The number of halogens is 1. The maximum absolute atomic E-state index is 13.5. The van der Waals surface area contributed by atoms with Gasteiger partial charge in [-0.05, 0) is 31.0 Å². The molecule has 0 radical (unpaired) electrons. The molecule has 0 fully saturated rings. The van der Waals surface area contributed by atoms with Crippen LogP contribution < -0.4 is 11.1 Å². The Bertz CT molecular complexity index is 723. The fourth-order valence-electron chi connectivity index (χ4n) is 2.41. The average molecular weight is 300 g/mol. The molecule has 5 nitrogen and oxygen atoms in total. The summed E-state index contributed by atoms with van der Waals surface area (Å²) in [5, 5.41) is 2.75. The molecule has 2 aromatic rings. The van der Waals surface area contributed by atoms with Gasteiger partial charge in [0.15, 0.2) is 0 Å². The number of hydrogen-bond acceptors (Lipinski definition) is 3. The van der Waals surface area contributed by atoms with E-state index in [9.17, 15) is 9.18 Å². The first kappa shape index (κ1) is 14.5. The number of aromatic nitrogens is 2. The van der Waals surface area contributed by atoms with Crippen LogP contribution in [-0.2, 0) is 4.79 Å². The minimum atomic E-state index is -0.407. The van der Waals surface area contributed by atoms with Crippen LogP contribution in [-0.4, -0.2) is 15.9 Å². The molecule has 1 aromatic carbocycles. The lowest BCUT2D eigenvalue weighted by atomic mass is 10.1. The number of benzene rings is 1. The van der Waals surface area contributed by atoms with E-state index in [0.717, 1.165) is 0 Å². The van der Waals surface area contributed by atoms with Gasteiger partial charge in [0.2, 0.25) is 5.91 Å². The molecule has 0 unspecified atom stereocenters. The molecule has 4 N–H and O–H groups in total. The smallest absolute Gasteiger partial charge is 0.224 e. The predicted octanol–water partition coefficient (Wildman–Crippen LogP) is 2.89. The fraction of sp³-hybridized carbons (Fsp3) is 0.250. The lowest BCUT2D eigenvalue weighted by Crippen LogP contribution is -2.11. The zero-order valence-electron chi connectivity index (χ0n) is 12.0. The van der Waals surface area contributed by atoms with Crippen molar-refractivity contribution in [1.29, 1.82) is 0 Å². The third kappa shape index (κ3) is 3.07. The highest BCUT2D eigenvalue weighted by Gasteiger charge is 2.15. The highest BCUT2D eigenvalue weighted by Crippen LogP contribution is 2.29. The van der Waals surface area contributed by atoms with Crippen LogP contribution in [0.2, 0.25) is 0 Å². The number of rotatable bonds is 0. The van der Waals surface area contributed by atoms with Gasteiger partial charge in [0.1, 0.15) is 11.6 Å². The summed E-state index contributed by atoms with van der Waals surface area (Å²) in [6.07, 6.45) is 7.19. The Hall–Kier alpha value is -2.47. The largest absolute Gasteiger partial charge is 0.347 e. The number of anilines is 1. The van der Waals surface area contributed by atoms with Gasteiger partial charge in [0.05, 0.1) is 17.4 Å². The second-order valence-corrected chi connectivity index (χ2v) is 5.26. The van der Waals surface area contributed by atoms with E-state index < -0.39 is 5.82 Å². The zero-order chi connectivity index (χ0) is 15.5. The van der Waals surface area contributed by atoms with Crippen LogP contribution in [0.25, 0.3) is 11.3 Å². The standard InChI is InChI=1S/C16H17FN4O/c17-10-6-7-11-13(8-10)20-15(22)5-3-1-2-4-12(18)16-19-9-14(11)21-16/h1-2,6-9,12H,3-5,18H2,(H,19,21)(H,20,22)/b2-1+/t12-/m0/s1. The molecular formula is C16H17FN4O. The molecule has 0 spiro atoms. The number of H-pyrrole nitrogens is 1. The fourth-order valence-corrected chi connectivity index (χ4v) is 2.41. The van der Waals surface area contributed by atoms with Crippen molar-refractivity contribution < 1.29 is 9.18 Å². The van der Waals surface area contributed by atoms with Gasteiger partial charge < -0.3 is 16.0 Å². The normalized spacial score (nSPS) is 20.1. The number of fused-ring (bicyclic) bond motifs is 4. The van der Waals surface area contributed by atoms with Crippen molar-refractivity contribution in [3.8, 4) is 11.3 Å². The van der Waals surface area contributed by atoms with Crippen LogP contribution in [0.4, 0.5) is 10.1 Å². The van der Waals surface area contributed by atoms with Crippen LogP contribution >= 0.6 is 0 Å². The molecule has 22 heavy (non-hydrogen) atoms. The molecule has 0 saturated heterocycles. The van der Waals surface area contributed by atoms with Crippen LogP contribution in [0.15, 0.2) is 36.5 Å². The SMILES string of the molecule is N[C@H]1C/C=C/CCC(=O)Nc2cc(F)ccc2-c2c[nH]c1n2. The third-order valence-corrected chi connectivity index (χ3v) is 3.58. The Morgan fingerprint density at radius 1 is 1.32 bits per heavy atom. The van der Waals surface area contributed by atoms with Gasteiger partial charge in [0.25, 0.3) is 0 Å². The van der Waals surface area contributed by atoms with Crippen LogP contribution in [0.1, 0.15) is 31.1 Å². The highest BCUT2D eigenvalue weighted by molar-refractivity contribution is 5.95. The molecule has 2 heterocycles. The first-order chi connectivity index (χ1) is 10.6. The minimum absolute atomic E-state index is 0.157. The molecule has 0 saturated carbocycles.